The minimum atomic E-state index is -2.53. The second kappa shape index (κ2) is 5.34. The summed E-state index contributed by atoms with van der Waals surface area (Å²) in [6.45, 7) is 2.72. The fraction of sp³-hybridized carbons (Fsp3) is 0.538. The van der Waals surface area contributed by atoms with E-state index in [9.17, 15) is 8.78 Å². The maximum atomic E-state index is 12.8. The molecule has 0 amide bonds. The smallest absolute Gasteiger partial charge is 0.248 e. The van der Waals surface area contributed by atoms with E-state index < -0.39 is 5.92 Å². The molecule has 3 rings (SSSR count). The first-order valence-electron chi connectivity index (χ1n) is 6.82. The molecular formula is C13H15F2N5O. The van der Waals surface area contributed by atoms with Crippen molar-refractivity contribution in [2.45, 2.75) is 32.1 Å². The minimum absolute atomic E-state index is 0.0875. The van der Waals surface area contributed by atoms with E-state index in [1.54, 1.807) is 12.4 Å². The van der Waals surface area contributed by atoms with Crippen molar-refractivity contribution in [1.29, 1.82) is 0 Å². The summed E-state index contributed by atoms with van der Waals surface area (Å²) in [6, 6.07) is 0. The van der Waals surface area contributed by atoms with E-state index in [-0.39, 0.29) is 18.8 Å². The van der Waals surface area contributed by atoms with E-state index in [0.717, 1.165) is 6.54 Å². The van der Waals surface area contributed by atoms with Crippen molar-refractivity contribution in [3.8, 4) is 11.5 Å². The standard InChI is InChI=1S/C13H15F2N5O/c1-2-16-10-7-17-9(6-18-10)12-19-11(21-20-12)3-8-4-13(14,15)5-8/h6-8H,2-5H2,1H3,(H,16,18). The zero-order valence-electron chi connectivity index (χ0n) is 11.5. The Morgan fingerprint density at radius 2 is 2.14 bits per heavy atom. The predicted octanol–water partition coefficient (Wildman–Crippen LogP) is 2.55. The van der Waals surface area contributed by atoms with Gasteiger partial charge in [0.1, 0.15) is 11.5 Å². The van der Waals surface area contributed by atoms with Crippen molar-refractivity contribution in [2.24, 2.45) is 5.92 Å². The lowest BCUT2D eigenvalue weighted by Crippen LogP contribution is -2.36. The second-order valence-electron chi connectivity index (χ2n) is 5.16. The third-order valence-corrected chi connectivity index (χ3v) is 3.34. The Kier molecular flexibility index (Phi) is 3.52. The lowest BCUT2D eigenvalue weighted by Gasteiger charge is -2.33. The molecule has 8 heteroatoms. The molecule has 112 valence electrons. The summed E-state index contributed by atoms with van der Waals surface area (Å²) in [5.41, 5.74) is 0.491. The van der Waals surface area contributed by atoms with Crippen LogP contribution in [0.15, 0.2) is 16.9 Å². The van der Waals surface area contributed by atoms with Gasteiger partial charge in [-0.25, -0.2) is 18.7 Å². The Morgan fingerprint density at radius 3 is 2.76 bits per heavy atom. The molecule has 2 aromatic heterocycles. The van der Waals surface area contributed by atoms with E-state index >= 15 is 0 Å². The first-order chi connectivity index (χ1) is 10.1. The Balaban J connectivity index is 1.64. The summed E-state index contributed by atoms with van der Waals surface area (Å²) in [5, 5.41) is 6.84. The lowest BCUT2D eigenvalue weighted by atomic mass is 9.79. The van der Waals surface area contributed by atoms with Gasteiger partial charge < -0.3 is 9.84 Å². The van der Waals surface area contributed by atoms with Gasteiger partial charge in [-0.05, 0) is 12.8 Å². The van der Waals surface area contributed by atoms with Crippen LogP contribution in [-0.4, -0.2) is 32.6 Å². The number of aromatic nitrogens is 4. The average Bonchev–Trinajstić information content (AvgIpc) is 2.86. The number of nitrogens with one attached hydrogen (secondary N) is 1. The predicted molar refractivity (Wildman–Crippen MR) is 70.9 cm³/mol. The number of hydrogen-bond donors (Lipinski definition) is 1. The fourth-order valence-corrected chi connectivity index (χ4v) is 2.33. The quantitative estimate of drug-likeness (QED) is 0.913. The summed E-state index contributed by atoms with van der Waals surface area (Å²) in [5.74, 6) is -1.26. The van der Waals surface area contributed by atoms with Crippen LogP contribution in [0.2, 0.25) is 0 Å². The van der Waals surface area contributed by atoms with E-state index in [4.69, 9.17) is 4.52 Å². The van der Waals surface area contributed by atoms with Gasteiger partial charge >= 0.3 is 0 Å². The van der Waals surface area contributed by atoms with Crippen LogP contribution < -0.4 is 5.32 Å². The number of rotatable bonds is 5. The fourth-order valence-electron chi connectivity index (χ4n) is 2.33. The van der Waals surface area contributed by atoms with Gasteiger partial charge in [-0.2, -0.15) is 4.98 Å². The summed E-state index contributed by atoms with van der Waals surface area (Å²) in [7, 11) is 0. The van der Waals surface area contributed by atoms with Gasteiger partial charge in [-0.3, -0.25) is 0 Å². The normalized spacial score (nSPS) is 17.5. The van der Waals surface area contributed by atoms with Crippen LogP contribution >= 0.6 is 0 Å². The first-order valence-corrected chi connectivity index (χ1v) is 6.82. The van der Waals surface area contributed by atoms with Crippen LogP contribution in [0.4, 0.5) is 14.6 Å². The van der Waals surface area contributed by atoms with Crippen LogP contribution in [0.3, 0.4) is 0 Å². The first kappa shape index (κ1) is 13.8. The van der Waals surface area contributed by atoms with Crippen molar-refractivity contribution in [3.05, 3.63) is 18.3 Å². The molecule has 21 heavy (non-hydrogen) atoms. The zero-order chi connectivity index (χ0) is 14.9. The number of anilines is 1. The highest BCUT2D eigenvalue weighted by Gasteiger charge is 2.45. The highest BCUT2D eigenvalue weighted by atomic mass is 19.3. The molecule has 0 atom stereocenters. The molecule has 1 saturated carbocycles. The minimum Gasteiger partial charge on any atom is -0.369 e. The highest BCUT2D eigenvalue weighted by molar-refractivity contribution is 5.48. The van der Waals surface area contributed by atoms with Gasteiger partial charge in [-0.1, -0.05) is 5.16 Å². The van der Waals surface area contributed by atoms with Gasteiger partial charge in [0.05, 0.1) is 12.4 Å². The molecular weight excluding hydrogens is 280 g/mol. The molecule has 2 heterocycles. The average molecular weight is 295 g/mol. The Bertz CT molecular complexity index is 605. The summed E-state index contributed by atoms with van der Waals surface area (Å²) < 4.78 is 30.6. The summed E-state index contributed by atoms with van der Waals surface area (Å²) in [6.07, 6.45) is 3.29. The SMILES string of the molecule is CCNc1cnc(-c2noc(CC3CC(F)(F)C3)n2)cn1. The Labute approximate surface area is 120 Å². The molecule has 0 spiro atoms. The topological polar surface area (TPSA) is 76.7 Å². The lowest BCUT2D eigenvalue weighted by molar-refractivity contribution is -0.111. The van der Waals surface area contributed by atoms with Crippen LogP contribution in [-0.2, 0) is 6.42 Å². The van der Waals surface area contributed by atoms with Gasteiger partial charge in [0, 0.05) is 25.8 Å². The van der Waals surface area contributed by atoms with E-state index in [2.05, 4.69) is 25.4 Å². The second-order valence-corrected chi connectivity index (χ2v) is 5.16. The molecule has 1 fully saturated rings. The monoisotopic (exact) mass is 295 g/mol. The summed E-state index contributed by atoms with van der Waals surface area (Å²) in [4.78, 5) is 12.5. The molecule has 0 radical (unpaired) electrons. The van der Waals surface area contributed by atoms with Crippen molar-refractivity contribution >= 4 is 5.82 Å². The largest absolute Gasteiger partial charge is 0.369 e. The molecule has 1 N–H and O–H groups in total. The van der Waals surface area contributed by atoms with Crippen LogP contribution in [0, 0.1) is 5.92 Å². The van der Waals surface area contributed by atoms with Crippen LogP contribution in [0.5, 0.6) is 0 Å². The molecule has 0 saturated heterocycles. The van der Waals surface area contributed by atoms with Crippen molar-refractivity contribution in [1.82, 2.24) is 20.1 Å². The maximum Gasteiger partial charge on any atom is 0.248 e. The number of hydrogen-bond acceptors (Lipinski definition) is 6. The van der Waals surface area contributed by atoms with Crippen molar-refractivity contribution < 1.29 is 13.3 Å². The number of halogens is 2. The third-order valence-electron chi connectivity index (χ3n) is 3.34. The molecule has 0 bridgehead atoms. The molecule has 0 aromatic carbocycles. The number of nitrogens with zero attached hydrogens (tertiary/aromatic N) is 4. The molecule has 1 aliphatic rings. The molecule has 0 aliphatic heterocycles. The van der Waals surface area contributed by atoms with Crippen LogP contribution in [0.25, 0.3) is 11.5 Å². The van der Waals surface area contributed by atoms with E-state index in [0.29, 0.717) is 29.6 Å². The van der Waals surface area contributed by atoms with Crippen molar-refractivity contribution in [2.75, 3.05) is 11.9 Å². The highest BCUT2D eigenvalue weighted by Crippen LogP contribution is 2.43. The molecule has 0 unspecified atom stereocenters. The van der Waals surface area contributed by atoms with E-state index in [1.165, 1.54) is 0 Å². The zero-order valence-corrected chi connectivity index (χ0v) is 11.5. The summed E-state index contributed by atoms with van der Waals surface area (Å²) >= 11 is 0. The Morgan fingerprint density at radius 1 is 1.33 bits per heavy atom. The Hall–Kier alpha value is -2.12. The van der Waals surface area contributed by atoms with Gasteiger partial charge in [0.2, 0.25) is 17.6 Å². The van der Waals surface area contributed by atoms with Gasteiger partial charge in [0.15, 0.2) is 0 Å². The molecule has 1 aliphatic carbocycles. The maximum absolute atomic E-state index is 12.8. The van der Waals surface area contributed by atoms with E-state index in [1.807, 2.05) is 6.92 Å². The van der Waals surface area contributed by atoms with Gasteiger partial charge in [0.25, 0.3) is 0 Å². The third kappa shape index (κ3) is 3.14. The number of alkyl halides is 2. The van der Waals surface area contributed by atoms with Gasteiger partial charge in [-0.15, -0.1) is 0 Å². The molecule has 6 nitrogen and oxygen atoms in total. The molecule has 2 aromatic rings. The van der Waals surface area contributed by atoms with Crippen molar-refractivity contribution in [3.63, 3.8) is 0 Å². The van der Waals surface area contributed by atoms with Crippen LogP contribution in [0.1, 0.15) is 25.7 Å².